The van der Waals surface area contributed by atoms with Crippen molar-refractivity contribution in [2.75, 3.05) is 20.8 Å². The summed E-state index contributed by atoms with van der Waals surface area (Å²) in [6.45, 7) is 2.71. The molecule has 1 aromatic carbocycles. The first kappa shape index (κ1) is 18.4. The predicted octanol–water partition coefficient (Wildman–Crippen LogP) is 4.03. The fourth-order valence-electron chi connectivity index (χ4n) is 3.32. The summed E-state index contributed by atoms with van der Waals surface area (Å²) in [5, 5.41) is 5.95. The van der Waals surface area contributed by atoms with E-state index in [9.17, 15) is 4.79 Å². The van der Waals surface area contributed by atoms with Crippen LogP contribution < -0.4 is 20.1 Å². The lowest BCUT2D eigenvalue weighted by Crippen LogP contribution is -2.38. The number of benzene rings is 1. The van der Waals surface area contributed by atoms with E-state index in [-0.39, 0.29) is 12.1 Å². The third kappa shape index (κ3) is 5.32. The van der Waals surface area contributed by atoms with Gasteiger partial charge in [-0.15, -0.1) is 0 Å². The van der Waals surface area contributed by atoms with Gasteiger partial charge < -0.3 is 20.1 Å². The Morgan fingerprint density at radius 1 is 1.17 bits per heavy atom. The number of amides is 2. The number of rotatable bonds is 7. The van der Waals surface area contributed by atoms with E-state index >= 15 is 0 Å². The third-order valence-corrected chi connectivity index (χ3v) is 4.82. The van der Waals surface area contributed by atoms with Crippen molar-refractivity contribution in [3.8, 4) is 11.5 Å². The molecule has 134 valence electrons. The molecule has 2 rings (SSSR count). The second-order valence-corrected chi connectivity index (χ2v) is 6.53. The van der Waals surface area contributed by atoms with Gasteiger partial charge in [-0.3, -0.25) is 0 Å². The number of hydrogen-bond acceptors (Lipinski definition) is 3. The summed E-state index contributed by atoms with van der Waals surface area (Å²) in [4.78, 5) is 12.1. The van der Waals surface area contributed by atoms with Crippen LogP contribution in [0.1, 0.15) is 57.1 Å². The Morgan fingerprint density at radius 3 is 2.54 bits per heavy atom. The molecule has 0 aliphatic heterocycles. The van der Waals surface area contributed by atoms with Crippen LogP contribution in [0, 0.1) is 5.92 Å². The molecule has 0 bridgehead atoms. The van der Waals surface area contributed by atoms with Gasteiger partial charge in [0.15, 0.2) is 11.5 Å². The molecule has 1 aliphatic carbocycles. The highest BCUT2D eigenvalue weighted by molar-refractivity contribution is 5.74. The van der Waals surface area contributed by atoms with Crippen molar-refractivity contribution in [3.63, 3.8) is 0 Å². The van der Waals surface area contributed by atoms with Gasteiger partial charge in [0.1, 0.15) is 0 Å². The van der Waals surface area contributed by atoms with Crippen LogP contribution in [0.5, 0.6) is 11.5 Å². The van der Waals surface area contributed by atoms with Crippen LogP contribution in [-0.2, 0) is 0 Å². The quantitative estimate of drug-likeness (QED) is 0.791. The Morgan fingerprint density at radius 2 is 1.88 bits per heavy atom. The first-order valence-corrected chi connectivity index (χ1v) is 8.90. The molecule has 1 unspecified atom stereocenters. The topological polar surface area (TPSA) is 59.6 Å². The Hall–Kier alpha value is -1.91. The summed E-state index contributed by atoms with van der Waals surface area (Å²) in [5.41, 5.74) is 0.982. The average molecular weight is 334 g/mol. The van der Waals surface area contributed by atoms with E-state index in [1.807, 2.05) is 25.1 Å². The van der Waals surface area contributed by atoms with Crippen molar-refractivity contribution in [1.29, 1.82) is 0 Å². The molecule has 0 heterocycles. The first-order valence-electron chi connectivity index (χ1n) is 8.90. The Balaban J connectivity index is 1.78. The van der Waals surface area contributed by atoms with Crippen molar-refractivity contribution in [1.82, 2.24) is 10.6 Å². The third-order valence-electron chi connectivity index (χ3n) is 4.82. The molecule has 2 amide bonds. The molecule has 0 spiro atoms. The molecular weight excluding hydrogens is 304 g/mol. The fraction of sp³-hybridized carbons (Fsp3) is 0.632. The second-order valence-electron chi connectivity index (χ2n) is 6.53. The summed E-state index contributed by atoms with van der Waals surface area (Å²) in [7, 11) is 3.22. The predicted molar refractivity (Wildman–Crippen MR) is 95.7 cm³/mol. The standard InChI is InChI=1S/C19H30N2O3/c1-14(16-9-10-17(23-2)18(13-16)24-3)21-19(22)20-12-11-15-7-5-4-6-8-15/h9-10,13-15H,4-8,11-12H2,1-3H3,(H2,20,21,22). The number of carbonyl (C=O) groups is 1. The normalized spacial score (nSPS) is 16.3. The lowest BCUT2D eigenvalue weighted by atomic mass is 9.87. The molecule has 24 heavy (non-hydrogen) atoms. The zero-order valence-electron chi connectivity index (χ0n) is 15.1. The van der Waals surface area contributed by atoms with Gasteiger partial charge in [-0.2, -0.15) is 0 Å². The van der Waals surface area contributed by atoms with Crippen molar-refractivity contribution in [2.24, 2.45) is 5.92 Å². The summed E-state index contributed by atoms with van der Waals surface area (Å²) in [5.74, 6) is 2.13. The highest BCUT2D eigenvalue weighted by Crippen LogP contribution is 2.30. The molecule has 2 N–H and O–H groups in total. The molecule has 0 saturated heterocycles. The SMILES string of the molecule is COc1ccc(C(C)NC(=O)NCCC2CCCCC2)cc1OC. The van der Waals surface area contributed by atoms with E-state index in [2.05, 4.69) is 10.6 Å². The van der Waals surface area contributed by atoms with Crippen LogP contribution in [0.2, 0.25) is 0 Å². The number of ether oxygens (including phenoxy) is 2. The molecule has 5 nitrogen and oxygen atoms in total. The molecule has 1 saturated carbocycles. The minimum Gasteiger partial charge on any atom is -0.493 e. The second kappa shape index (κ2) is 9.40. The summed E-state index contributed by atoms with van der Waals surface area (Å²) in [6.07, 6.45) is 7.75. The first-order chi connectivity index (χ1) is 11.6. The number of urea groups is 1. The highest BCUT2D eigenvalue weighted by atomic mass is 16.5. The Bertz CT molecular complexity index is 527. The molecule has 1 aromatic rings. The van der Waals surface area contributed by atoms with E-state index in [4.69, 9.17) is 9.47 Å². The maximum absolute atomic E-state index is 12.1. The minimum absolute atomic E-state index is 0.0977. The van der Waals surface area contributed by atoms with E-state index in [1.165, 1.54) is 32.1 Å². The van der Waals surface area contributed by atoms with E-state index in [1.54, 1.807) is 14.2 Å². The molecule has 5 heteroatoms. The molecule has 1 aliphatic rings. The van der Waals surface area contributed by atoms with Crippen LogP contribution in [0.3, 0.4) is 0 Å². The van der Waals surface area contributed by atoms with Crippen LogP contribution in [0.4, 0.5) is 4.79 Å². The van der Waals surface area contributed by atoms with Crippen molar-refractivity contribution in [3.05, 3.63) is 23.8 Å². The van der Waals surface area contributed by atoms with Crippen LogP contribution >= 0.6 is 0 Å². The van der Waals surface area contributed by atoms with Gasteiger partial charge in [-0.05, 0) is 37.0 Å². The van der Waals surface area contributed by atoms with Gasteiger partial charge in [0.25, 0.3) is 0 Å². The summed E-state index contributed by atoms with van der Waals surface area (Å²) in [6, 6.07) is 5.47. The van der Waals surface area contributed by atoms with Crippen molar-refractivity contribution >= 4 is 6.03 Å². The minimum atomic E-state index is -0.118. The highest BCUT2D eigenvalue weighted by Gasteiger charge is 2.15. The molecule has 0 radical (unpaired) electrons. The lowest BCUT2D eigenvalue weighted by Gasteiger charge is -2.22. The van der Waals surface area contributed by atoms with Gasteiger partial charge in [0.2, 0.25) is 0 Å². The van der Waals surface area contributed by atoms with Crippen LogP contribution in [0.25, 0.3) is 0 Å². The van der Waals surface area contributed by atoms with Gasteiger partial charge in [-0.25, -0.2) is 4.79 Å². The number of methoxy groups -OCH3 is 2. The number of nitrogens with one attached hydrogen (secondary N) is 2. The summed E-state index contributed by atoms with van der Waals surface area (Å²) < 4.78 is 10.5. The fourth-order valence-corrected chi connectivity index (χ4v) is 3.32. The molecular formula is C19H30N2O3. The Labute approximate surface area is 145 Å². The lowest BCUT2D eigenvalue weighted by molar-refractivity contribution is 0.236. The van der Waals surface area contributed by atoms with E-state index in [0.717, 1.165) is 24.4 Å². The van der Waals surface area contributed by atoms with Gasteiger partial charge in [0, 0.05) is 6.54 Å². The van der Waals surface area contributed by atoms with Gasteiger partial charge >= 0.3 is 6.03 Å². The van der Waals surface area contributed by atoms with Gasteiger partial charge in [0.05, 0.1) is 20.3 Å². The monoisotopic (exact) mass is 334 g/mol. The van der Waals surface area contributed by atoms with Crippen LogP contribution in [0.15, 0.2) is 18.2 Å². The average Bonchev–Trinajstić information content (AvgIpc) is 2.61. The maximum Gasteiger partial charge on any atom is 0.315 e. The van der Waals surface area contributed by atoms with Crippen molar-refractivity contribution < 1.29 is 14.3 Å². The Kier molecular flexibility index (Phi) is 7.22. The zero-order valence-corrected chi connectivity index (χ0v) is 15.1. The molecule has 1 fully saturated rings. The van der Waals surface area contributed by atoms with Gasteiger partial charge in [-0.1, -0.05) is 38.2 Å². The van der Waals surface area contributed by atoms with E-state index in [0.29, 0.717) is 11.5 Å². The molecule has 0 aromatic heterocycles. The smallest absolute Gasteiger partial charge is 0.315 e. The number of hydrogen-bond donors (Lipinski definition) is 2. The van der Waals surface area contributed by atoms with Crippen molar-refractivity contribution in [2.45, 2.75) is 51.5 Å². The zero-order chi connectivity index (χ0) is 17.4. The largest absolute Gasteiger partial charge is 0.493 e. The maximum atomic E-state index is 12.1. The summed E-state index contributed by atoms with van der Waals surface area (Å²) >= 11 is 0. The number of carbonyl (C=O) groups excluding carboxylic acids is 1. The molecule has 1 atom stereocenters. The van der Waals surface area contributed by atoms with Crippen LogP contribution in [-0.4, -0.2) is 26.8 Å². The van der Waals surface area contributed by atoms with E-state index < -0.39 is 0 Å².